The Labute approximate surface area is 98.5 Å². The second kappa shape index (κ2) is 4.45. The fourth-order valence-electron chi connectivity index (χ4n) is 1.37. The number of aliphatic hydroxyl groups is 1. The Morgan fingerprint density at radius 2 is 2.07 bits per heavy atom. The van der Waals surface area contributed by atoms with Gasteiger partial charge in [-0.1, -0.05) is 0 Å². The van der Waals surface area contributed by atoms with Crippen molar-refractivity contribution in [2.75, 3.05) is 18.5 Å². The normalized spacial score (nSPS) is 11.6. The SMILES string of the molecule is Cc1nc(Br)cc(N(C)CC(C)(C)O)n1. The van der Waals surface area contributed by atoms with Gasteiger partial charge in [-0.2, -0.15) is 0 Å². The van der Waals surface area contributed by atoms with Crippen LogP contribution in [0.3, 0.4) is 0 Å². The van der Waals surface area contributed by atoms with Crippen LogP contribution in [-0.2, 0) is 0 Å². The monoisotopic (exact) mass is 273 g/mol. The van der Waals surface area contributed by atoms with Gasteiger partial charge in [0.15, 0.2) is 0 Å². The smallest absolute Gasteiger partial charge is 0.133 e. The highest BCUT2D eigenvalue weighted by atomic mass is 79.9. The second-order valence-electron chi connectivity index (χ2n) is 4.26. The van der Waals surface area contributed by atoms with Gasteiger partial charge in [-0.3, -0.25) is 0 Å². The number of hydrogen-bond acceptors (Lipinski definition) is 4. The molecule has 0 atom stereocenters. The zero-order valence-electron chi connectivity index (χ0n) is 9.45. The van der Waals surface area contributed by atoms with E-state index in [0.29, 0.717) is 12.4 Å². The van der Waals surface area contributed by atoms with Gasteiger partial charge in [-0.15, -0.1) is 0 Å². The summed E-state index contributed by atoms with van der Waals surface area (Å²) in [6, 6.07) is 1.83. The minimum absolute atomic E-state index is 0.524. The molecule has 0 aromatic carbocycles. The van der Waals surface area contributed by atoms with E-state index >= 15 is 0 Å². The van der Waals surface area contributed by atoms with Gasteiger partial charge in [0, 0.05) is 19.7 Å². The molecule has 0 aliphatic carbocycles. The summed E-state index contributed by atoms with van der Waals surface area (Å²) in [6.45, 7) is 5.90. The first kappa shape index (κ1) is 12.4. The predicted molar refractivity (Wildman–Crippen MR) is 64.0 cm³/mol. The maximum absolute atomic E-state index is 9.69. The predicted octanol–water partition coefficient (Wildman–Crippen LogP) is 1.75. The van der Waals surface area contributed by atoms with Crippen LogP contribution in [0.15, 0.2) is 10.7 Å². The number of aryl methyl sites for hydroxylation is 1. The molecule has 0 spiro atoms. The molecule has 0 unspecified atom stereocenters. The van der Waals surface area contributed by atoms with E-state index in [0.717, 1.165) is 10.4 Å². The average molecular weight is 274 g/mol. The maximum Gasteiger partial charge on any atom is 0.133 e. The molecule has 0 aliphatic rings. The van der Waals surface area contributed by atoms with E-state index in [2.05, 4.69) is 25.9 Å². The van der Waals surface area contributed by atoms with Gasteiger partial charge in [0.05, 0.1) is 5.60 Å². The van der Waals surface area contributed by atoms with Crippen LogP contribution in [0.25, 0.3) is 0 Å². The molecular weight excluding hydrogens is 258 g/mol. The van der Waals surface area contributed by atoms with Gasteiger partial charge < -0.3 is 10.0 Å². The number of rotatable bonds is 3. The quantitative estimate of drug-likeness (QED) is 0.853. The second-order valence-corrected chi connectivity index (χ2v) is 5.08. The highest BCUT2D eigenvalue weighted by molar-refractivity contribution is 9.10. The minimum atomic E-state index is -0.736. The van der Waals surface area contributed by atoms with Crippen LogP contribution in [0.1, 0.15) is 19.7 Å². The Balaban J connectivity index is 2.86. The number of halogens is 1. The molecule has 0 saturated heterocycles. The molecule has 1 aromatic heterocycles. The standard InChI is InChI=1S/C10H16BrN3O/c1-7-12-8(11)5-9(13-7)14(4)6-10(2,3)15/h5,15H,6H2,1-4H3. The Hall–Kier alpha value is -0.680. The molecule has 5 heteroatoms. The minimum Gasteiger partial charge on any atom is -0.389 e. The molecule has 0 aliphatic heterocycles. The van der Waals surface area contributed by atoms with Gasteiger partial charge in [0.1, 0.15) is 16.2 Å². The number of anilines is 1. The van der Waals surface area contributed by atoms with Crippen molar-refractivity contribution in [3.8, 4) is 0 Å². The zero-order valence-corrected chi connectivity index (χ0v) is 11.0. The van der Waals surface area contributed by atoms with E-state index in [1.807, 2.05) is 24.9 Å². The summed E-state index contributed by atoms with van der Waals surface area (Å²) in [5, 5.41) is 9.69. The first-order chi connectivity index (χ1) is 6.78. The van der Waals surface area contributed by atoms with Crippen molar-refractivity contribution in [3.05, 3.63) is 16.5 Å². The van der Waals surface area contributed by atoms with Gasteiger partial charge in [-0.25, -0.2) is 9.97 Å². The fraction of sp³-hybridized carbons (Fsp3) is 0.600. The third-order valence-corrected chi connectivity index (χ3v) is 2.21. The van der Waals surface area contributed by atoms with Crippen molar-refractivity contribution in [2.24, 2.45) is 0 Å². The van der Waals surface area contributed by atoms with Crippen LogP contribution in [0.2, 0.25) is 0 Å². The highest BCUT2D eigenvalue weighted by Gasteiger charge is 2.17. The maximum atomic E-state index is 9.69. The van der Waals surface area contributed by atoms with E-state index in [1.165, 1.54) is 0 Å². The molecule has 0 amide bonds. The number of hydrogen-bond donors (Lipinski definition) is 1. The Morgan fingerprint density at radius 3 is 2.53 bits per heavy atom. The van der Waals surface area contributed by atoms with Crippen molar-refractivity contribution in [2.45, 2.75) is 26.4 Å². The molecule has 84 valence electrons. The molecule has 0 bridgehead atoms. The topological polar surface area (TPSA) is 49.2 Å². The summed E-state index contributed by atoms with van der Waals surface area (Å²) in [5.74, 6) is 1.51. The van der Waals surface area contributed by atoms with Crippen LogP contribution < -0.4 is 4.90 Å². The lowest BCUT2D eigenvalue weighted by atomic mass is 10.1. The lowest BCUT2D eigenvalue weighted by Crippen LogP contribution is -2.36. The molecule has 0 saturated carbocycles. The van der Waals surface area contributed by atoms with E-state index in [-0.39, 0.29) is 0 Å². The van der Waals surface area contributed by atoms with Gasteiger partial charge >= 0.3 is 0 Å². The van der Waals surface area contributed by atoms with Crippen molar-refractivity contribution in [3.63, 3.8) is 0 Å². The Morgan fingerprint density at radius 1 is 1.47 bits per heavy atom. The van der Waals surface area contributed by atoms with Crippen LogP contribution >= 0.6 is 15.9 Å². The van der Waals surface area contributed by atoms with Crippen LogP contribution in [0, 0.1) is 6.92 Å². The molecule has 1 heterocycles. The molecule has 1 aromatic rings. The summed E-state index contributed by atoms with van der Waals surface area (Å²) < 4.78 is 0.757. The molecular formula is C10H16BrN3O. The van der Waals surface area contributed by atoms with Crippen molar-refractivity contribution >= 4 is 21.7 Å². The number of likely N-dealkylation sites (N-methyl/N-ethyl adjacent to an activating group) is 1. The van der Waals surface area contributed by atoms with Crippen LogP contribution in [-0.4, -0.2) is 34.3 Å². The number of nitrogens with zero attached hydrogens (tertiary/aromatic N) is 3. The van der Waals surface area contributed by atoms with E-state index in [1.54, 1.807) is 13.8 Å². The third-order valence-electron chi connectivity index (χ3n) is 1.81. The molecule has 0 radical (unpaired) electrons. The first-order valence-electron chi connectivity index (χ1n) is 4.72. The van der Waals surface area contributed by atoms with Gasteiger partial charge in [0.25, 0.3) is 0 Å². The largest absolute Gasteiger partial charge is 0.389 e. The molecule has 15 heavy (non-hydrogen) atoms. The summed E-state index contributed by atoms with van der Waals surface area (Å²) >= 11 is 3.32. The fourth-order valence-corrected chi connectivity index (χ4v) is 1.83. The zero-order chi connectivity index (χ0) is 11.6. The van der Waals surface area contributed by atoms with Gasteiger partial charge in [-0.05, 0) is 36.7 Å². The first-order valence-corrected chi connectivity index (χ1v) is 5.52. The lowest BCUT2D eigenvalue weighted by molar-refractivity contribution is 0.0884. The summed E-state index contributed by atoms with van der Waals surface area (Å²) in [4.78, 5) is 10.3. The van der Waals surface area contributed by atoms with Crippen LogP contribution in [0.5, 0.6) is 0 Å². The Bertz CT molecular complexity index is 329. The lowest BCUT2D eigenvalue weighted by Gasteiger charge is -2.26. The number of aromatic nitrogens is 2. The summed E-state index contributed by atoms with van der Waals surface area (Å²) in [5.41, 5.74) is -0.736. The van der Waals surface area contributed by atoms with Gasteiger partial charge in [0.2, 0.25) is 0 Å². The van der Waals surface area contributed by atoms with Crippen LogP contribution in [0.4, 0.5) is 5.82 Å². The average Bonchev–Trinajstić information content (AvgIpc) is 1.98. The molecule has 1 N–H and O–H groups in total. The highest BCUT2D eigenvalue weighted by Crippen LogP contribution is 2.17. The van der Waals surface area contributed by atoms with Crippen molar-refractivity contribution < 1.29 is 5.11 Å². The van der Waals surface area contributed by atoms with E-state index < -0.39 is 5.60 Å². The molecule has 4 nitrogen and oxygen atoms in total. The Kier molecular flexibility index (Phi) is 3.67. The van der Waals surface area contributed by atoms with Crippen molar-refractivity contribution in [1.82, 2.24) is 9.97 Å². The third kappa shape index (κ3) is 4.13. The molecule has 0 fully saturated rings. The summed E-state index contributed by atoms with van der Waals surface area (Å²) in [6.07, 6.45) is 0. The van der Waals surface area contributed by atoms with Crippen molar-refractivity contribution in [1.29, 1.82) is 0 Å². The van der Waals surface area contributed by atoms with E-state index in [4.69, 9.17) is 0 Å². The summed E-state index contributed by atoms with van der Waals surface area (Å²) in [7, 11) is 1.90. The van der Waals surface area contributed by atoms with E-state index in [9.17, 15) is 5.11 Å². The molecule has 1 rings (SSSR count).